The van der Waals surface area contributed by atoms with Crippen LogP contribution in [0, 0.1) is 0 Å². The van der Waals surface area contributed by atoms with E-state index < -0.39 is 5.91 Å². The van der Waals surface area contributed by atoms with Crippen LogP contribution >= 0.6 is 0 Å². The fourth-order valence-corrected chi connectivity index (χ4v) is 2.64. The number of hydrogen-bond acceptors (Lipinski definition) is 3. The molecule has 3 N–H and O–H groups in total. The van der Waals surface area contributed by atoms with Crippen molar-refractivity contribution in [1.82, 2.24) is 15.8 Å². The zero-order chi connectivity index (χ0) is 18.4. The number of ether oxygens (including phenoxy) is 1. The van der Waals surface area contributed by atoms with E-state index in [0.717, 1.165) is 22.9 Å². The highest BCUT2D eigenvalue weighted by Crippen LogP contribution is 2.17. The molecule has 6 nitrogen and oxygen atoms in total. The van der Waals surface area contributed by atoms with E-state index in [1.54, 1.807) is 6.20 Å². The molecule has 0 saturated carbocycles. The summed E-state index contributed by atoms with van der Waals surface area (Å²) in [6, 6.07) is 15.3. The Morgan fingerprint density at radius 1 is 1.00 bits per heavy atom. The van der Waals surface area contributed by atoms with Crippen LogP contribution in [0.4, 0.5) is 0 Å². The molecule has 1 heterocycles. The summed E-state index contributed by atoms with van der Waals surface area (Å²) in [6.45, 7) is 1.90. The van der Waals surface area contributed by atoms with E-state index >= 15 is 0 Å². The maximum atomic E-state index is 12.0. The lowest BCUT2D eigenvalue weighted by Crippen LogP contribution is -2.44. The number of benzene rings is 2. The van der Waals surface area contributed by atoms with Crippen molar-refractivity contribution in [3.05, 3.63) is 65.9 Å². The molecule has 0 aliphatic carbocycles. The summed E-state index contributed by atoms with van der Waals surface area (Å²) in [5, 5.41) is 0.993. The predicted molar refractivity (Wildman–Crippen MR) is 99.6 cm³/mol. The Balaban J connectivity index is 1.44. The zero-order valence-electron chi connectivity index (χ0n) is 14.5. The van der Waals surface area contributed by atoms with Crippen LogP contribution < -0.4 is 15.6 Å². The van der Waals surface area contributed by atoms with Gasteiger partial charge in [-0.25, -0.2) is 0 Å². The second-order valence-electron chi connectivity index (χ2n) is 5.92. The highest BCUT2D eigenvalue weighted by molar-refractivity contribution is 5.89. The van der Waals surface area contributed by atoms with Gasteiger partial charge in [0.25, 0.3) is 5.91 Å². The number of rotatable bonds is 6. The van der Waals surface area contributed by atoms with Crippen molar-refractivity contribution in [1.29, 1.82) is 0 Å². The number of amides is 2. The van der Waals surface area contributed by atoms with Crippen molar-refractivity contribution in [2.75, 3.05) is 6.61 Å². The summed E-state index contributed by atoms with van der Waals surface area (Å²) >= 11 is 0. The third-order valence-electron chi connectivity index (χ3n) is 4.07. The number of carbonyl (C=O) groups excluding carboxylic acids is 2. The summed E-state index contributed by atoms with van der Waals surface area (Å²) in [5.41, 5.74) is 7.82. The second kappa shape index (κ2) is 8.20. The van der Waals surface area contributed by atoms with E-state index in [-0.39, 0.29) is 18.9 Å². The van der Waals surface area contributed by atoms with Gasteiger partial charge in [0.1, 0.15) is 5.75 Å². The third kappa shape index (κ3) is 4.42. The monoisotopic (exact) mass is 351 g/mol. The molecule has 2 aromatic carbocycles. The van der Waals surface area contributed by atoms with E-state index in [9.17, 15) is 9.59 Å². The molecule has 26 heavy (non-hydrogen) atoms. The number of aryl methyl sites for hydroxylation is 1. The fraction of sp³-hybridized carbons (Fsp3) is 0.200. The number of para-hydroxylation sites is 1. The molecule has 0 aliphatic heterocycles. The Morgan fingerprint density at radius 2 is 1.73 bits per heavy atom. The van der Waals surface area contributed by atoms with Crippen molar-refractivity contribution in [2.24, 2.45) is 0 Å². The summed E-state index contributed by atoms with van der Waals surface area (Å²) in [5.74, 6) is -0.102. The first-order valence-corrected chi connectivity index (χ1v) is 8.50. The Hall–Kier alpha value is -3.28. The molecule has 134 valence electrons. The van der Waals surface area contributed by atoms with Gasteiger partial charge in [-0.15, -0.1) is 0 Å². The number of hydrazine groups is 1. The number of aromatic amines is 1. The van der Waals surface area contributed by atoms with Crippen LogP contribution in [-0.4, -0.2) is 23.4 Å². The van der Waals surface area contributed by atoms with E-state index in [1.807, 2.05) is 48.5 Å². The van der Waals surface area contributed by atoms with Crippen molar-refractivity contribution in [3.8, 4) is 5.75 Å². The van der Waals surface area contributed by atoms with Crippen molar-refractivity contribution in [3.63, 3.8) is 0 Å². The Bertz CT molecular complexity index is 900. The van der Waals surface area contributed by atoms with Gasteiger partial charge in [0.05, 0.1) is 6.42 Å². The number of fused-ring (bicyclic) bond motifs is 1. The average molecular weight is 351 g/mol. The van der Waals surface area contributed by atoms with Crippen LogP contribution in [0.25, 0.3) is 10.9 Å². The van der Waals surface area contributed by atoms with E-state index in [1.165, 1.54) is 5.56 Å². The Labute approximate surface area is 151 Å². The van der Waals surface area contributed by atoms with Gasteiger partial charge in [0, 0.05) is 17.1 Å². The molecule has 3 aromatic rings. The molecule has 3 rings (SSSR count). The van der Waals surface area contributed by atoms with Gasteiger partial charge < -0.3 is 9.72 Å². The number of hydrogen-bond donors (Lipinski definition) is 3. The van der Waals surface area contributed by atoms with Crippen molar-refractivity contribution in [2.45, 2.75) is 19.8 Å². The average Bonchev–Trinajstić information content (AvgIpc) is 3.08. The van der Waals surface area contributed by atoms with Crippen LogP contribution in [0.2, 0.25) is 0 Å². The molecule has 0 atom stereocenters. The number of nitrogens with one attached hydrogen (secondary N) is 3. The molecule has 2 amide bonds. The van der Waals surface area contributed by atoms with E-state index in [2.05, 4.69) is 22.8 Å². The molecule has 0 saturated heterocycles. The fourth-order valence-electron chi connectivity index (χ4n) is 2.64. The minimum absolute atomic E-state index is 0.168. The molecule has 0 unspecified atom stereocenters. The third-order valence-corrected chi connectivity index (χ3v) is 4.07. The van der Waals surface area contributed by atoms with E-state index in [4.69, 9.17) is 4.74 Å². The first-order valence-electron chi connectivity index (χ1n) is 8.50. The van der Waals surface area contributed by atoms with Gasteiger partial charge in [0.15, 0.2) is 6.61 Å². The molecule has 0 spiro atoms. The van der Waals surface area contributed by atoms with Gasteiger partial charge in [-0.1, -0.05) is 37.3 Å². The van der Waals surface area contributed by atoms with Crippen LogP contribution in [-0.2, 0) is 22.4 Å². The Morgan fingerprint density at radius 3 is 2.50 bits per heavy atom. The standard InChI is InChI=1S/C20H21N3O3/c1-2-14-7-9-16(10-8-14)26-13-20(25)23-22-19(24)11-15-12-21-18-6-4-3-5-17(15)18/h3-10,12,21H,2,11,13H2,1H3,(H,22,24)(H,23,25). The minimum atomic E-state index is -0.420. The molecular formula is C20H21N3O3. The summed E-state index contributed by atoms with van der Waals surface area (Å²) in [7, 11) is 0. The molecule has 0 radical (unpaired) electrons. The number of carbonyl (C=O) groups is 2. The van der Waals surface area contributed by atoms with Crippen LogP contribution in [0.3, 0.4) is 0 Å². The van der Waals surface area contributed by atoms with Gasteiger partial charge in [0.2, 0.25) is 5.91 Å². The highest BCUT2D eigenvalue weighted by Gasteiger charge is 2.10. The second-order valence-corrected chi connectivity index (χ2v) is 5.92. The van der Waals surface area contributed by atoms with Crippen LogP contribution in [0.5, 0.6) is 5.75 Å². The lowest BCUT2D eigenvalue weighted by Gasteiger charge is -2.09. The first-order chi connectivity index (χ1) is 12.7. The molecule has 0 fully saturated rings. The molecular weight excluding hydrogens is 330 g/mol. The summed E-state index contributed by atoms with van der Waals surface area (Å²) in [4.78, 5) is 26.9. The maximum Gasteiger partial charge on any atom is 0.276 e. The molecule has 1 aromatic heterocycles. The van der Waals surface area contributed by atoms with Crippen molar-refractivity contribution >= 4 is 22.7 Å². The topological polar surface area (TPSA) is 83.2 Å². The SMILES string of the molecule is CCc1ccc(OCC(=O)NNC(=O)Cc2c[nH]c3ccccc23)cc1. The quantitative estimate of drug-likeness (QED) is 0.597. The maximum absolute atomic E-state index is 12.0. The smallest absolute Gasteiger partial charge is 0.276 e. The van der Waals surface area contributed by atoms with Crippen molar-refractivity contribution < 1.29 is 14.3 Å². The highest BCUT2D eigenvalue weighted by atomic mass is 16.5. The van der Waals surface area contributed by atoms with Crippen LogP contribution in [0.1, 0.15) is 18.1 Å². The van der Waals surface area contributed by atoms with Crippen LogP contribution in [0.15, 0.2) is 54.7 Å². The van der Waals surface area contributed by atoms with Gasteiger partial charge >= 0.3 is 0 Å². The summed E-state index contributed by atoms with van der Waals surface area (Å²) < 4.78 is 5.39. The lowest BCUT2D eigenvalue weighted by atomic mass is 10.1. The van der Waals surface area contributed by atoms with Gasteiger partial charge in [-0.2, -0.15) is 0 Å². The molecule has 0 aliphatic rings. The number of aromatic nitrogens is 1. The van der Waals surface area contributed by atoms with E-state index in [0.29, 0.717) is 5.75 Å². The minimum Gasteiger partial charge on any atom is -0.484 e. The summed E-state index contributed by atoms with van der Waals surface area (Å²) in [6.07, 6.45) is 2.92. The number of H-pyrrole nitrogens is 1. The lowest BCUT2D eigenvalue weighted by molar-refractivity contribution is -0.129. The molecule has 6 heteroatoms. The zero-order valence-corrected chi connectivity index (χ0v) is 14.5. The van der Waals surface area contributed by atoms with Gasteiger partial charge in [-0.05, 0) is 35.7 Å². The first kappa shape index (κ1) is 17.5. The normalized spacial score (nSPS) is 10.5. The molecule has 0 bridgehead atoms. The largest absolute Gasteiger partial charge is 0.484 e. The Kier molecular flexibility index (Phi) is 5.53. The predicted octanol–water partition coefficient (Wildman–Crippen LogP) is 2.50. The van der Waals surface area contributed by atoms with Gasteiger partial charge in [-0.3, -0.25) is 20.4 Å².